The third-order valence-corrected chi connectivity index (χ3v) is 7.33. The van der Waals surface area contributed by atoms with Gasteiger partial charge in [-0.05, 0) is 44.0 Å². The summed E-state index contributed by atoms with van der Waals surface area (Å²) in [6.45, 7) is 9.36. The fourth-order valence-corrected chi connectivity index (χ4v) is 5.18. The highest BCUT2D eigenvalue weighted by Crippen LogP contribution is 2.31. The number of likely N-dealkylation sites (tertiary alicyclic amines) is 1. The molecule has 2 saturated heterocycles. The number of hydrogen-bond donors (Lipinski definition) is 0. The number of rotatable bonds is 7. The molecule has 5 rings (SSSR count). The number of nitrogens with zero attached hydrogens (tertiary/aromatic N) is 6. The van der Waals surface area contributed by atoms with Crippen LogP contribution < -0.4 is 0 Å². The number of aromatic nitrogens is 2. The van der Waals surface area contributed by atoms with Crippen LogP contribution in [0.15, 0.2) is 64.3 Å². The van der Waals surface area contributed by atoms with Crippen LogP contribution in [0.25, 0.3) is 11.1 Å². The zero-order chi connectivity index (χ0) is 29.7. The van der Waals surface area contributed by atoms with Crippen LogP contribution >= 0.6 is 0 Å². The number of ether oxygens (including phenoxy) is 1. The maximum atomic E-state index is 13.6. The van der Waals surface area contributed by atoms with E-state index in [9.17, 15) is 9.59 Å². The van der Waals surface area contributed by atoms with Gasteiger partial charge in [0, 0.05) is 51.1 Å². The van der Waals surface area contributed by atoms with Gasteiger partial charge >= 0.3 is 6.09 Å². The Bertz CT molecular complexity index is 1390. The van der Waals surface area contributed by atoms with Crippen LogP contribution in [-0.4, -0.2) is 94.5 Å². The van der Waals surface area contributed by atoms with Crippen molar-refractivity contribution in [3.63, 3.8) is 0 Å². The van der Waals surface area contributed by atoms with Crippen molar-refractivity contribution in [1.29, 1.82) is 0 Å². The molecule has 2 amide bonds. The number of benzene rings is 2. The average molecular weight is 575 g/mol. The van der Waals surface area contributed by atoms with Gasteiger partial charge in [-0.3, -0.25) is 9.69 Å². The van der Waals surface area contributed by atoms with Gasteiger partial charge in [-0.1, -0.05) is 52.8 Å². The normalized spacial score (nSPS) is 18.9. The minimum Gasteiger partial charge on any atom is -0.444 e. The molecular weight excluding hydrogens is 536 g/mol. The zero-order valence-corrected chi connectivity index (χ0v) is 24.7. The van der Waals surface area contributed by atoms with Gasteiger partial charge in [-0.2, -0.15) is 4.98 Å². The summed E-state index contributed by atoms with van der Waals surface area (Å²) in [5.74, 6) is 0.835. The first kappa shape index (κ1) is 29.2. The summed E-state index contributed by atoms with van der Waals surface area (Å²) >= 11 is 0. The molecule has 0 aliphatic carbocycles. The maximum Gasteiger partial charge on any atom is 0.410 e. The summed E-state index contributed by atoms with van der Waals surface area (Å²) in [7, 11) is 1.49. The highest BCUT2D eigenvalue weighted by Gasteiger charge is 2.38. The van der Waals surface area contributed by atoms with E-state index in [1.807, 2.05) is 75.4 Å². The van der Waals surface area contributed by atoms with Crippen LogP contribution in [0.3, 0.4) is 0 Å². The third kappa shape index (κ3) is 7.14. The molecule has 0 spiro atoms. The van der Waals surface area contributed by atoms with E-state index in [4.69, 9.17) is 14.1 Å². The highest BCUT2D eigenvalue weighted by atomic mass is 16.6. The average Bonchev–Trinajstić information content (AvgIpc) is 3.63. The van der Waals surface area contributed by atoms with Crippen molar-refractivity contribution in [1.82, 2.24) is 24.8 Å². The lowest BCUT2D eigenvalue weighted by molar-refractivity contribution is 0.0144. The summed E-state index contributed by atoms with van der Waals surface area (Å²) in [5, 5.41) is 8.36. The first-order valence-corrected chi connectivity index (χ1v) is 14.3. The molecule has 3 aromatic rings. The molecule has 3 heterocycles. The highest BCUT2D eigenvalue weighted by molar-refractivity contribution is 6.00. The largest absolute Gasteiger partial charge is 0.444 e. The minimum absolute atomic E-state index is 0.130. The number of hydrogen-bond acceptors (Lipinski definition) is 9. The molecular formula is C31H38N6O5. The first-order chi connectivity index (χ1) is 20.2. The minimum atomic E-state index is -0.507. The Balaban J connectivity index is 1.20. The first-order valence-electron chi connectivity index (χ1n) is 14.3. The molecule has 2 fully saturated rings. The molecule has 0 unspecified atom stereocenters. The summed E-state index contributed by atoms with van der Waals surface area (Å²) in [6, 6.07) is 17.2. The summed E-state index contributed by atoms with van der Waals surface area (Å²) in [5.41, 5.74) is 2.95. The standard InChI is InChI=1S/C31H38N6O5/c1-31(2,3)41-30(39)36-18-16-35(17-19-36)15-14-27-32-28(34-42-27)26-20-25(33-40-4)21-37(26)29(38)24-12-10-23(11-13-24)22-8-6-5-7-9-22/h5-13,26H,14-21H2,1-4H3/t26-/m0/s1. The fourth-order valence-electron chi connectivity index (χ4n) is 5.18. The van der Waals surface area contributed by atoms with E-state index >= 15 is 0 Å². The lowest BCUT2D eigenvalue weighted by Gasteiger charge is -2.35. The second-order valence-corrected chi connectivity index (χ2v) is 11.5. The van der Waals surface area contributed by atoms with E-state index in [2.05, 4.69) is 20.2 Å². The van der Waals surface area contributed by atoms with Gasteiger partial charge < -0.3 is 23.9 Å². The second kappa shape index (κ2) is 12.7. The van der Waals surface area contributed by atoms with E-state index in [1.165, 1.54) is 7.11 Å². The van der Waals surface area contributed by atoms with Gasteiger partial charge in [0.1, 0.15) is 18.8 Å². The fraction of sp³-hybridized carbons (Fsp3) is 0.452. The van der Waals surface area contributed by atoms with Crippen molar-refractivity contribution in [3.05, 3.63) is 71.9 Å². The van der Waals surface area contributed by atoms with Gasteiger partial charge in [0.25, 0.3) is 5.91 Å². The second-order valence-electron chi connectivity index (χ2n) is 11.5. The molecule has 1 atom stereocenters. The lowest BCUT2D eigenvalue weighted by Crippen LogP contribution is -2.50. The van der Waals surface area contributed by atoms with Crippen LogP contribution in [0.4, 0.5) is 4.79 Å². The van der Waals surface area contributed by atoms with Gasteiger partial charge in [-0.15, -0.1) is 0 Å². The molecule has 0 bridgehead atoms. The Morgan fingerprint density at radius 1 is 1.00 bits per heavy atom. The van der Waals surface area contributed by atoms with Crippen molar-refractivity contribution in [2.45, 2.75) is 45.3 Å². The molecule has 1 aromatic heterocycles. The van der Waals surface area contributed by atoms with Crippen molar-refractivity contribution in [2.75, 3.05) is 46.4 Å². The Labute approximate surface area is 246 Å². The van der Waals surface area contributed by atoms with Crippen molar-refractivity contribution in [3.8, 4) is 11.1 Å². The Morgan fingerprint density at radius 2 is 1.69 bits per heavy atom. The summed E-state index contributed by atoms with van der Waals surface area (Å²) < 4.78 is 11.1. The zero-order valence-electron chi connectivity index (χ0n) is 24.7. The summed E-state index contributed by atoms with van der Waals surface area (Å²) in [4.78, 5) is 41.4. The molecule has 2 aliphatic rings. The number of piperazine rings is 1. The summed E-state index contributed by atoms with van der Waals surface area (Å²) in [6.07, 6.45) is 0.760. The lowest BCUT2D eigenvalue weighted by atomic mass is 10.0. The van der Waals surface area contributed by atoms with E-state index < -0.39 is 11.6 Å². The van der Waals surface area contributed by atoms with Crippen LogP contribution in [0, 0.1) is 0 Å². The van der Waals surface area contributed by atoms with Gasteiger partial charge in [-0.25, -0.2) is 4.79 Å². The number of carbonyl (C=O) groups is 2. The van der Waals surface area contributed by atoms with Crippen LogP contribution in [0.1, 0.15) is 55.3 Å². The Hall–Kier alpha value is -4.25. The smallest absolute Gasteiger partial charge is 0.410 e. The molecule has 11 heteroatoms. The van der Waals surface area contributed by atoms with Crippen molar-refractivity contribution >= 4 is 17.7 Å². The molecule has 222 valence electrons. The molecule has 0 N–H and O–H groups in total. The molecule has 2 aliphatic heterocycles. The van der Waals surface area contributed by atoms with Crippen LogP contribution in [0.5, 0.6) is 0 Å². The van der Waals surface area contributed by atoms with E-state index in [-0.39, 0.29) is 12.0 Å². The number of oxime groups is 1. The van der Waals surface area contributed by atoms with E-state index in [1.54, 1.807) is 9.80 Å². The van der Waals surface area contributed by atoms with Gasteiger partial charge in [0.05, 0.1) is 12.3 Å². The molecule has 11 nitrogen and oxygen atoms in total. The van der Waals surface area contributed by atoms with E-state index in [0.717, 1.165) is 36.5 Å². The third-order valence-electron chi connectivity index (χ3n) is 7.33. The SMILES string of the molecule is CON=C1C[C@@H](c2noc(CCN3CCN(C(=O)OC(C)(C)C)CC3)n2)N(C(=O)c2ccc(-c3ccccc3)cc2)C1. The maximum absolute atomic E-state index is 13.6. The predicted molar refractivity (Wildman–Crippen MR) is 157 cm³/mol. The van der Waals surface area contributed by atoms with E-state index in [0.29, 0.717) is 49.8 Å². The topological polar surface area (TPSA) is 114 Å². The monoisotopic (exact) mass is 574 g/mol. The molecule has 0 radical (unpaired) electrons. The molecule has 42 heavy (non-hydrogen) atoms. The molecule has 2 aromatic carbocycles. The van der Waals surface area contributed by atoms with Crippen LogP contribution in [-0.2, 0) is 16.0 Å². The predicted octanol–water partition coefficient (Wildman–Crippen LogP) is 4.42. The van der Waals surface area contributed by atoms with Crippen LogP contribution in [0.2, 0.25) is 0 Å². The van der Waals surface area contributed by atoms with Crippen molar-refractivity contribution in [2.24, 2.45) is 5.16 Å². The number of amides is 2. The Kier molecular flexibility index (Phi) is 8.86. The quantitative estimate of drug-likeness (QED) is 0.381. The number of carbonyl (C=O) groups excluding carboxylic acids is 2. The molecule has 0 saturated carbocycles. The Morgan fingerprint density at radius 3 is 2.36 bits per heavy atom. The van der Waals surface area contributed by atoms with Gasteiger partial charge in [0.2, 0.25) is 5.89 Å². The van der Waals surface area contributed by atoms with Crippen molar-refractivity contribution < 1.29 is 23.7 Å². The van der Waals surface area contributed by atoms with Gasteiger partial charge in [0.15, 0.2) is 5.82 Å².